The molecule has 190 valence electrons. The Morgan fingerprint density at radius 1 is 1.03 bits per heavy atom. The van der Waals surface area contributed by atoms with Gasteiger partial charge in [-0.05, 0) is 54.4 Å². The van der Waals surface area contributed by atoms with Gasteiger partial charge in [0, 0.05) is 36.0 Å². The van der Waals surface area contributed by atoms with Crippen molar-refractivity contribution in [3.05, 3.63) is 93.0 Å². The first-order chi connectivity index (χ1) is 17.7. The average Bonchev–Trinajstić information content (AvgIpc) is 2.88. The number of pyridine rings is 1. The highest BCUT2D eigenvalue weighted by atomic mass is 35.5. The maximum absolute atomic E-state index is 13.1. The maximum Gasteiger partial charge on any atom is 0.417 e. The van der Waals surface area contributed by atoms with Crippen molar-refractivity contribution in [1.29, 1.82) is 0 Å². The van der Waals surface area contributed by atoms with Gasteiger partial charge >= 0.3 is 11.9 Å². The summed E-state index contributed by atoms with van der Waals surface area (Å²) in [5.41, 5.74) is 1.93. The van der Waals surface area contributed by atoms with E-state index in [0.717, 1.165) is 29.0 Å². The number of hydrogen-bond acceptors (Lipinski definition) is 6. The lowest BCUT2D eigenvalue weighted by molar-refractivity contribution is -0.137. The zero-order chi connectivity index (χ0) is 26.2. The summed E-state index contributed by atoms with van der Waals surface area (Å²) in [5.74, 6) is 0.958. The van der Waals surface area contributed by atoms with Gasteiger partial charge in [0.15, 0.2) is 0 Å². The van der Waals surface area contributed by atoms with Crippen molar-refractivity contribution >= 4 is 11.6 Å². The minimum atomic E-state index is -4.60. The number of ether oxygens (including phenoxy) is 3. The zero-order valence-electron chi connectivity index (χ0n) is 19.4. The molecule has 0 unspecified atom stereocenters. The fourth-order valence-corrected chi connectivity index (χ4v) is 4.23. The zero-order valence-corrected chi connectivity index (χ0v) is 20.1. The Hall–Kier alpha value is -4.05. The van der Waals surface area contributed by atoms with Crippen LogP contribution in [0.1, 0.15) is 16.7 Å². The Morgan fingerprint density at radius 3 is 2.57 bits per heavy atom. The molecular weight excluding hydrogens is 511 g/mol. The first-order valence-corrected chi connectivity index (χ1v) is 11.5. The van der Waals surface area contributed by atoms with Crippen LogP contribution in [0.5, 0.6) is 23.3 Å². The molecule has 0 bridgehead atoms. The SMILES string of the molecule is COc1ccc2c(c1)CCn1c-2cc(OCc2ccc(Oc3ccc(Cl)c(C(F)(F)F)c3)nc2)nc1=O. The molecule has 0 spiro atoms. The number of aryl methyl sites for hydroxylation is 1. The van der Waals surface area contributed by atoms with Crippen molar-refractivity contribution in [1.82, 2.24) is 14.5 Å². The molecule has 0 aliphatic carbocycles. The normalized spacial score (nSPS) is 12.5. The number of rotatable bonds is 6. The largest absolute Gasteiger partial charge is 0.497 e. The Morgan fingerprint density at radius 2 is 1.84 bits per heavy atom. The lowest BCUT2D eigenvalue weighted by atomic mass is 9.97. The van der Waals surface area contributed by atoms with Crippen molar-refractivity contribution in [2.75, 3.05) is 7.11 Å². The van der Waals surface area contributed by atoms with Crippen LogP contribution in [0.25, 0.3) is 11.3 Å². The highest BCUT2D eigenvalue weighted by Crippen LogP contribution is 2.37. The van der Waals surface area contributed by atoms with Crippen LogP contribution in [-0.2, 0) is 25.7 Å². The summed E-state index contributed by atoms with van der Waals surface area (Å²) >= 11 is 5.64. The smallest absolute Gasteiger partial charge is 0.417 e. The van der Waals surface area contributed by atoms with E-state index in [0.29, 0.717) is 24.2 Å². The van der Waals surface area contributed by atoms with Crippen molar-refractivity contribution in [3.63, 3.8) is 0 Å². The molecule has 0 N–H and O–H groups in total. The average molecular weight is 530 g/mol. The number of aromatic nitrogens is 3. The molecule has 0 saturated heterocycles. The molecule has 0 saturated carbocycles. The van der Waals surface area contributed by atoms with Crippen LogP contribution in [-0.4, -0.2) is 21.6 Å². The van der Waals surface area contributed by atoms with E-state index in [4.69, 9.17) is 25.8 Å². The van der Waals surface area contributed by atoms with E-state index in [1.807, 2.05) is 18.2 Å². The van der Waals surface area contributed by atoms with Crippen LogP contribution in [0.3, 0.4) is 0 Å². The van der Waals surface area contributed by atoms with Gasteiger partial charge in [0.1, 0.15) is 18.1 Å². The van der Waals surface area contributed by atoms with Gasteiger partial charge in [0.25, 0.3) is 0 Å². The van der Waals surface area contributed by atoms with Gasteiger partial charge in [-0.25, -0.2) is 9.78 Å². The third kappa shape index (κ3) is 5.24. The van der Waals surface area contributed by atoms with Crippen LogP contribution in [0.2, 0.25) is 5.02 Å². The van der Waals surface area contributed by atoms with E-state index in [-0.39, 0.29) is 24.1 Å². The molecule has 5 rings (SSSR count). The Kier molecular flexibility index (Phi) is 6.51. The second-order valence-corrected chi connectivity index (χ2v) is 8.63. The topological polar surface area (TPSA) is 75.5 Å². The summed E-state index contributed by atoms with van der Waals surface area (Å²) < 4.78 is 57.3. The standard InChI is InChI=1S/C26H19ClF3N3O4/c1-35-17-3-5-19-16(10-17)8-9-33-22(19)12-24(32-25(33)34)36-14-15-2-7-23(31-13-15)37-18-4-6-21(27)20(11-18)26(28,29)30/h2-7,10-13H,8-9,14H2,1H3. The van der Waals surface area contributed by atoms with Gasteiger partial charge in [-0.1, -0.05) is 11.6 Å². The van der Waals surface area contributed by atoms with Gasteiger partial charge < -0.3 is 14.2 Å². The molecule has 1 aliphatic rings. The van der Waals surface area contributed by atoms with E-state index in [1.165, 1.54) is 18.3 Å². The van der Waals surface area contributed by atoms with Gasteiger partial charge in [-0.3, -0.25) is 4.57 Å². The minimum Gasteiger partial charge on any atom is -0.497 e. The van der Waals surface area contributed by atoms with Crippen LogP contribution in [0.4, 0.5) is 13.2 Å². The Bertz CT molecular complexity index is 1520. The second-order valence-electron chi connectivity index (χ2n) is 8.22. The molecule has 37 heavy (non-hydrogen) atoms. The highest BCUT2D eigenvalue weighted by Gasteiger charge is 2.33. The molecule has 11 heteroatoms. The molecule has 0 fully saturated rings. The van der Waals surface area contributed by atoms with Crippen molar-refractivity contribution in [2.24, 2.45) is 0 Å². The highest BCUT2D eigenvalue weighted by molar-refractivity contribution is 6.31. The fourth-order valence-electron chi connectivity index (χ4n) is 4.00. The first kappa shape index (κ1) is 24.6. The van der Waals surface area contributed by atoms with E-state index in [1.54, 1.807) is 23.8 Å². The predicted molar refractivity (Wildman–Crippen MR) is 129 cm³/mol. The van der Waals surface area contributed by atoms with Crippen LogP contribution in [0.15, 0.2) is 65.6 Å². The molecule has 2 aromatic carbocycles. The monoisotopic (exact) mass is 529 g/mol. The van der Waals surface area contributed by atoms with E-state index in [9.17, 15) is 18.0 Å². The molecule has 0 amide bonds. The van der Waals surface area contributed by atoms with Crippen molar-refractivity contribution < 1.29 is 27.4 Å². The van der Waals surface area contributed by atoms with Crippen molar-refractivity contribution in [3.8, 4) is 34.5 Å². The molecule has 4 aromatic rings. The number of methoxy groups -OCH3 is 1. The Labute approximate surface area is 214 Å². The van der Waals surface area contributed by atoms with Gasteiger partial charge in [0.05, 0.1) is 23.4 Å². The number of nitrogens with zero attached hydrogens (tertiary/aromatic N) is 3. The van der Waals surface area contributed by atoms with Crippen LogP contribution >= 0.6 is 11.6 Å². The molecule has 7 nitrogen and oxygen atoms in total. The molecule has 0 radical (unpaired) electrons. The molecule has 1 aliphatic heterocycles. The molecule has 3 heterocycles. The third-order valence-electron chi connectivity index (χ3n) is 5.83. The number of hydrogen-bond donors (Lipinski definition) is 0. The number of benzene rings is 2. The summed E-state index contributed by atoms with van der Waals surface area (Å²) in [7, 11) is 1.60. The van der Waals surface area contributed by atoms with Crippen LogP contribution < -0.4 is 19.9 Å². The minimum absolute atomic E-state index is 0.0511. The summed E-state index contributed by atoms with van der Waals surface area (Å²) in [6, 6.07) is 13.8. The Balaban J connectivity index is 1.29. The number of fused-ring (bicyclic) bond motifs is 3. The van der Waals surface area contributed by atoms with E-state index < -0.39 is 22.5 Å². The van der Waals surface area contributed by atoms with Crippen LogP contribution in [0, 0.1) is 0 Å². The van der Waals surface area contributed by atoms with Gasteiger partial charge in [-0.2, -0.15) is 18.2 Å². The fraction of sp³-hybridized carbons (Fsp3) is 0.192. The molecule has 0 atom stereocenters. The summed E-state index contributed by atoms with van der Waals surface area (Å²) in [5, 5.41) is -0.418. The van der Waals surface area contributed by atoms with Gasteiger partial charge in [-0.15, -0.1) is 0 Å². The van der Waals surface area contributed by atoms with Gasteiger partial charge in [0.2, 0.25) is 11.8 Å². The summed E-state index contributed by atoms with van der Waals surface area (Å²) in [6.45, 7) is 0.572. The second kappa shape index (κ2) is 9.78. The maximum atomic E-state index is 13.1. The summed E-state index contributed by atoms with van der Waals surface area (Å²) in [4.78, 5) is 20.7. The number of halogens is 4. The lowest BCUT2D eigenvalue weighted by Gasteiger charge is -2.22. The quantitative estimate of drug-likeness (QED) is 0.309. The third-order valence-corrected chi connectivity index (χ3v) is 6.16. The molecule has 2 aromatic heterocycles. The summed E-state index contributed by atoms with van der Waals surface area (Å²) in [6.07, 6.45) is -2.45. The van der Waals surface area contributed by atoms with Crippen molar-refractivity contribution in [2.45, 2.75) is 25.7 Å². The number of alkyl halides is 3. The predicted octanol–water partition coefficient (Wildman–Crippen LogP) is 5.91. The first-order valence-electron chi connectivity index (χ1n) is 11.1. The van der Waals surface area contributed by atoms with E-state index in [2.05, 4.69) is 9.97 Å². The molecular formula is C26H19ClF3N3O4. The lowest BCUT2D eigenvalue weighted by Crippen LogP contribution is -2.28. The van der Waals surface area contributed by atoms with E-state index >= 15 is 0 Å².